The number of phenolic OH excluding ortho intramolecular Hbond substituents is 1. The second kappa shape index (κ2) is 9.67. The van der Waals surface area contributed by atoms with E-state index in [0.29, 0.717) is 16.8 Å². The van der Waals surface area contributed by atoms with Crippen LogP contribution in [0.5, 0.6) is 5.75 Å². The molecule has 2 aliphatic rings. The van der Waals surface area contributed by atoms with Crippen LogP contribution in [0.2, 0.25) is 0 Å². The first kappa shape index (κ1) is 25.6. The largest absolute Gasteiger partial charge is 0.508 e. The van der Waals surface area contributed by atoms with Crippen molar-refractivity contribution in [2.75, 3.05) is 22.9 Å². The molecule has 0 spiro atoms. The summed E-state index contributed by atoms with van der Waals surface area (Å²) in [5.41, 5.74) is 4.51. The molecule has 2 saturated heterocycles. The van der Waals surface area contributed by atoms with Gasteiger partial charge < -0.3 is 15.1 Å². The van der Waals surface area contributed by atoms with E-state index in [1.54, 1.807) is 12.1 Å². The Morgan fingerprint density at radius 3 is 2.08 bits per heavy atom. The number of phenols is 1. The molecule has 1 atom stereocenters. The lowest BCUT2D eigenvalue weighted by molar-refractivity contribution is -0.132. The van der Waals surface area contributed by atoms with Gasteiger partial charge in [0, 0.05) is 30.0 Å². The van der Waals surface area contributed by atoms with Gasteiger partial charge in [-0.25, -0.2) is 0 Å². The van der Waals surface area contributed by atoms with Gasteiger partial charge in [-0.3, -0.25) is 14.5 Å². The number of hydrogen-bond donors (Lipinski definition) is 2. The van der Waals surface area contributed by atoms with Crippen LogP contribution in [-0.2, 0) is 15.0 Å². The molecule has 2 fully saturated rings. The molecule has 0 radical (unpaired) electrons. The van der Waals surface area contributed by atoms with Crippen LogP contribution >= 0.6 is 0 Å². The molecule has 0 bridgehead atoms. The van der Waals surface area contributed by atoms with Crippen LogP contribution in [-0.4, -0.2) is 35.0 Å². The number of aliphatic hydroxyl groups is 1. The summed E-state index contributed by atoms with van der Waals surface area (Å²) in [6, 6.07) is 19.1. The van der Waals surface area contributed by atoms with E-state index in [-0.39, 0.29) is 22.5 Å². The number of carbonyl (C=O) groups is 2. The van der Waals surface area contributed by atoms with Gasteiger partial charge in [-0.15, -0.1) is 0 Å². The Morgan fingerprint density at radius 2 is 1.47 bits per heavy atom. The highest BCUT2D eigenvalue weighted by molar-refractivity contribution is 6.51. The zero-order valence-electron chi connectivity index (χ0n) is 22.4. The van der Waals surface area contributed by atoms with E-state index in [0.717, 1.165) is 42.7 Å². The molecular formula is C32H34N2O4. The highest BCUT2D eigenvalue weighted by atomic mass is 16.3. The van der Waals surface area contributed by atoms with Crippen LogP contribution < -0.4 is 9.80 Å². The fraction of sp³-hybridized carbons (Fsp3) is 0.312. The van der Waals surface area contributed by atoms with Crippen molar-refractivity contribution in [1.82, 2.24) is 0 Å². The van der Waals surface area contributed by atoms with Gasteiger partial charge >= 0.3 is 0 Å². The Kier molecular flexibility index (Phi) is 6.51. The summed E-state index contributed by atoms with van der Waals surface area (Å²) in [6.45, 7) is 10.1. The van der Waals surface area contributed by atoms with Gasteiger partial charge in [-0.2, -0.15) is 0 Å². The summed E-state index contributed by atoms with van der Waals surface area (Å²) in [4.78, 5) is 30.8. The molecule has 1 amide bonds. The van der Waals surface area contributed by atoms with Gasteiger partial charge in [0.25, 0.3) is 11.7 Å². The first-order chi connectivity index (χ1) is 18.1. The van der Waals surface area contributed by atoms with Gasteiger partial charge in [0.1, 0.15) is 11.5 Å². The van der Waals surface area contributed by atoms with Gasteiger partial charge in [0.05, 0.1) is 11.6 Å². The molecule has 2 heterocycles. The quantitative estimate of drug-likeness (QED) is 0.247. The molecule has 3 aromatic rings. The topological polar surface area (TPSA) is 81.1 Å². The van der Waals surface area contributed by atoms with Crippen LogP contribution in [0.25, 0.3) is 5.76 Å². The Morgan fingerprint density at radius 1 is 0.868 bits per heavy atom. The SMILES string of the molecule is Cc1ccc(C(C)(C)C)cc1/C(O)=C1\C(=O)C(=O)N(c2ccc(N3CCCC3)cc2)C1c1ccc(O)cc1. The molecule has 0 aromatic heterocycles. The molecule has 0 aliphatic carbocycles. The van der Waals surface area contributed by atoms with Crippen LogP contribution in [0.15, 0.2) is 72.3 Å². The van der Waals surface area contributed by atoms with E-state index in [4.69, 9.17) is 0 Å². The zero-order valence-corrected chi connectivity index (χ0v) is 22.4. The number of hydrogen-bond acceptors (Lipinski definition) is 5. The average molecular weight is 511 g/mol. The summed E-state index contributed by atoms with van der Waals surface area (Å²) in [6.07, 6.45) is 2.32. The number of benzene rings is 3. The van der Waals surface area contributed by atoms with E-state index < -0.39 is 17.7 Å². The molecule has 2 N–H and O–H groups in total. The van der Waals surface area contributed by atoms with Crippen molar-refractivity contribution < 1.29 is 19.8 Å². The third-order valence-electron chi connectivity index (χ3n) is 7.61. The fourth-order valence-corrected chi connectivity index (χ4v) is 5.36. The van der Waals surface area contributed by atoms with Gasteiger partial charge in [0.15, 0.2) is 0 Å². The van der Waals surface area contributed by atoms with Crippen LogP contribution in [0.4, 0.5) is 11.4 Å². The van der Waals surface area contributed by atoms with Crippen molar-refractivity contribution in [2.24, 2.45) is 0 Å². The van der Waals surface area contributed by atoms with E-state index in [2.05, 4.69) is 25.7 Å². The molecule has 38 heavy (non-hydrogen) atoms. The highest BCUT2D eigenvalue weighted by Crippen LogP contribution is 2.43. The molecular weight excluding hydrogens is 476 g/mol. The van der Waals surface area contributed by atoms with E-state index in [1.165, 1.54) is 17.0 Å². The third-order valence-corrected chi connectivity index (χ3v) is 7.61. The van der Waals surface area contributed by atoms with Crippen LogP contribution in [0.1, 0.15) is 61.9 Å². The predicted octanol–water partition coefficient (Wildman–Crippen LogP) is 6.22. The first-order valence-electron chi connectivity index (χ1n) is 13.1. The van der Waals surface area contributed by atoms with Crippen molar-refractivity contribution >= 4 is 28.8 Å². The fourth-order valence-electron chi connectivity index (χ4n) is 5.36. The zero-order chi connectivity index (χ0) is 27.2. The molecule has 6 nitrogen and oxygen atoms in total. The first-order valence-corrected chi connectivity index (χ1v) is 13.1. The lowest BCUT2D eigenvalue weighted by atomic mass is 9.84. The normalized spacial score (nSPS) is 19.4. The van der Waals surface area contributed by atoms with Crippen molar-refractivity contribution in [3.05, 3.63) is 94.6 Å². The lowest BCUT2D eigenvalue weighted by Gasteiger charge is -2.27. The number of Topliss-reactive ketones (excluding diaryl/α,β-unsaturated/α-hetero) is 1. The Hall–Kier alpha value is -4.06. The summed E-state index contributed by atoms with van der Waals surface area (Å²) >= 11 is 0. The Balaban J connectivity index is 1.66. The maximum absolute atomic E-state index is 13.6. The number of aromatic hydroxyl groups is 1. The summed E-state index contributed by atoms with van der Waals surface area (Å²) < 4.78 is 0. The standard InChI is InChI=1S/C32H34N2O4/c1-20-7-10-22(32(2,3)4)19-26(20)29(36)27-28(21-8-15-25(35)16-9-21)34(31(38)30(27)37)24-13-11-23(12-14-24)33-17-5-6-18-33/h7-16,19,28,35-36H,5-6,17-18H2,1-4H3/b29-27+. The van der Waals surface area contributed by atoms with Gasteiger partial charge in [0.2, 0.25) is 0 Å². The lowest BCUT2D eigenvalue weighted by Crippen LogP contribution is -2.29. The summed E-state index contributed by atoms with van der Waals surface area (Å²) in [5, 5.41) is 21.5. The Labute approximate surface area is 223 Å². The number of anilines is 2. The molecule has 1 unspecified atom stereocenters. The predicted molar refractivity (Wildman–Crippen MR) is 151 cm³/mol. The number of amides is 1. The minimum Gasteiger partial charge on any atom is -0.508 e. The highest BCUT2D eigenvalue weighted by Gasteiger charge is 2.47. The smallest absolute Gasteiger partial charge is 0.300 e. The van der Waals surface area contributed by atoms with Crippen molar-refractivity contribution in [2.45, 2.75) is 52.0 Å². The molecule has 6 heteroatoms. The van der Waals surface area contributed by atoms with E-state index in [1.807, 2.05) is 49.4 Å². The number of rotatable bonds is 4. The summed E-state index contributed by atoms with van der Waals surface area (Å²) in [5.74, 6) is -1.54. The van der Waals surface area contributed by atoms with Crippen molar-refractivity contribution in [3.63, 3.8) is 0 Å². The third kappa shape index (κ3) is 4.55. The number of aryl methyl sites for hydroxylation is 1. The monoisotopic (exact) mass is 510 g/mol. The van der Waals surface area contributed by atoms with Gasteiger partial charge in [-0.1, -0.05) is 45.0 Å². The maximum atomic E-state index is 13.6. The number of ketones is 1. The van der Waals surface area contributed by atoms with Crippen molar-refractivity contribution in [3.8, 4) is 5.75 Å². The average Bonchev–Trinajstić information content (AvgIpc) is 3.51. The minimum atomic E-state index is -0.842. The van der Waals surface area contributed by atoms with Crippen LogP contribution in [0, 0.1) is 6.92 Å². The van der Waals surface area contributed by atoms with E-state index in [9.17, 15) is 19.8 Å². The van der Waals surface area contributed by atoms with Crippen molar-refractivity contribution in [1.29, 1.82) is 0 Å². The molecule has 2 aliphatic heterocycles. The summed E-state index contributed by atoms with van der Waals surface area (Å²) in [7, 11) is 0. The van der Waals surface area contributed by atoms with Crippen LogP contribution in [0.3, 0.4) is 0 Å². The molecule has 0 saturated carbocycles. The molecule has 196 valence electrons. The maximum Gasteiger partial charge on any atom is 0.300 e. The molecule has 5 rings (SSSR count). The Bertz CT molecular complexity index is 1410. The second-order valence-corrected chi connectivity index (χ2v) is 11.3. The molecule has 3 aromatic carbocycles. The number of nitrogens with zero attached hydrogens (tertiary/aromatic N) is 2. The van der Waals surface area contributed by atoms with Gasteiger partial charge in [-0.05, 0) is 84.3 Å². The van der Waals surface area contributed by atoms with E-state index >= 15 is 0 Å². The second-order valence-electron chi connectivity index (χ2n) is 11.3. The minimum absolute atomic E-state index is 0.0402. The number of aliphatic hydroxyl groups excluding tert-OH is 1. The number of carbonyl (C=O) groups excluding carboxylic acids is 2.